The Hall–Kier alpha value is -1.30. The lowest BCUT2D eigenvalue weighted by molar-refractivity contribution is 1.26. The highest BCUT2D eigenvalue weighted by molar-refractivity contribution is 5.85. The summed E-state index contributed by atoms with van der Waals surface area (Å²) in [6, 6.07) is 13.1. The molecule has 1 aliphatic rings. The van der Waals surface area contributed by atoms with Gasteiger partial charge in [0.2, 0.25) is 0 Å². The molecule has 0 bridgehead atoms. The van der Waals surface area contributed by atoms with Crippen LogP contribution < -0.4 is 0 Å². The van der Waals surface area contributed by atoms with Crippen molar-refractivity contribution in [1.29, 1.82) is 0 Å². The van der Waals surface area contributed by atoms with Crippen molar-refractivity contribution in [2.24, 2.45) is 0 Å². The molecular weight excluding hydrogens is 156 g/mol. The molecule has 0 saturated carbocycles. The molecule has 0 saturated heterocycles. The van der Waals surface area contributed by atoms with Crippen molar-refractivity contribution >= 4 is 10.8 Å². The molecule has 0 aromatic heterocycles. The average molecular weight is 166 g/mol. The van der Waals surface area contributed by atoms with Gasteiger partial charge in [-0.05, 0) is 41.2 Å². The fourth-order valence-corrected chi connectivity index (χ4v) is 1.95. The first-order valence-corrected chi connectivity index (χ1v) is 4.62. The van der Waals surface area contributed by atoms with Crippen LogP contribution in [-0.2, 0) is 6.42 Å². The van der Waals surface area contributed by atoms with Crippen molar-refractivity contribution in [3.8, 4) is 0 Å². The van der Waals surface area contributed by atoms with E-state index < -0.39 is 0 Å². The van der Waals surface area contributed by atoms with Gasteiger partial charge in [0.05, 0.1) is 0 Å². The van der Waals surface area contributed by atoms with Crippen molar-refractivity contribution in [1.82, 2.24) is 0 Å². The van der Waals surface area contributed by atoms with Crippen LogP contribution >= 0.6 is 0 Å². The third-order valence-corrected chi connectivity index (χ3v) is 2.64. The molecule has 0 spiro atoms. The van der Waals surface area contributed by atoms with Crippen molar-refractivity contribution in [3.05, 3.63) is 60.4 Å². The Morgan fingerprint density at radius 1 is 0.923 bits per heavy atom. The van der Waals surface area contributed by atoms with Crippen LogP contribution in [0, 0.1) is 12.8 Å². The van der Waals surface area contributed by atoms with Crippen molar-refractivity contribution in [3.63, 3.8) is 0 Å². The van der Waals surface area contributed by atoms with Gasteiger partial charge >= 0.3 is 0 Å². The molecule has 0 aliphatic heterocycles. The van der Waals surface area contributed by atoms with E-state index in [1.165, 1.54) is 21.9 Å². The second kappa shape index (κ2) is 2.59. The first kappa shape index (κ1) is 7.14. The minimum Gasteiger partial charge on any atom is -0.0616 e. The first-order valence-electron chi connectivity index (χ1n) is 4.62. The number of benzene rings is 2. The van der Waals surface area contributed by atoms with Crippen LogP contribution in [0.25, 0.3) is 10.8 Å². The summed E-state index contributed by atoms with van der Waals surface area (Å²) in [5, 5.41) is 2.69. The molecule has 3 rings (SSSR count). The molecular formula is C13H10. The topological polar surface area (TPSA) is 0 Å². The molecule has 2 radical (unpaired) electrons. The molecule has 0 amide bonds. The Kier molecular flexibility index (Phi) is 1.42. The number of hydrogen-bond donors (Lipinski definition) is 0. The Bertz CT molecular complexity index is 412. The van der Waals surface area contributed by atoms with Crippen LogP contribution in [0.5, 0.6) is 0 Å². The molecule has 13 heavy (non-hydrogen) atoms. The standard InChI is InChI=1S/C13H10/c1-2-5-11-9-13-7-3-6-12(13)8-10(11)4-1/h1-6,8-9H,7H2. The van der Waals surface area contributed by atoms with E-state index in [0.29, 0.717) is 0 Å². The maximum atomic E-state index is 2.30. The fourth-order valence-electron chi connectivity index (χ4n) is 1.95. The molecule has 2 aromatic carbocycles. The average Bonchev–Trinajstić information content (AvgIpc) is 2.61. The molecule has 1 aliphatic carbocycles. The lowest BCUT2D eigenvalue weighted by atomic mass is 10.0. The third-order valence-electron chi connectivity index (χ3n) is 2.64. The molecule has 0 nitrogen and oxygen atoms in total. The largest absolute Gasteiger partial charge is 0.0616 e. The molecule has 0 atom stereocenters. The van der Waals surface area contributed by atoms with E-state index in [0.717, 1.165) is 6.42 Å². The van der Waals surface area contributed by atoms with E-state index in [9.17, 15) is 0 Å². The van der Waals surface area contributed by atoms with Gasteiger partial charge in [-0.15, -0.1) is 0 Å². The minimum atomic E-state index is 1.10. The molecule has 0 N–H and O–H groups in total. The first-order chi connectivity index (χ1) is 6.43. The summed E-state index contributed by atoms with van der Waals surface area (Å²) in [5.74, 6) is 0. The quantitative estimate of drug-likeness (QED) is 0.564. The highest BCUT2D eigenvalue weighted by Crippen LogP contribution is 2.27. The predicted molar refractivity (Wildman–Crippen MR) is 55.4 cm³/mol. The third kappa shape index (κ3) is 1.06. The van der Waals surface area contributed by atoms with E-state index in [4.69, 9.17) is 0 Å². The molecule has 0 fully saturated rings. The van der Waals surface area contributed by atoms with Crippen molar-refractivity contribution in [2.45, 2.75) is 6.42 Å². The van der Waals surface area contributed by atoms with Gasteiger partial charge in [-0.3, -0.25) is 0 Å². The summed E-state index contributed by atoms with van der Waals surface area (Å²) in [7, 11) is 0. The molecule has 0 heterocycles. The molecule has 2 aromatic rings. The van der Waals surface area contributed by atoms with Gasteiger partial charge in [0.1, 0.15) is 0 Å². The number of fused-ring (bicyclic) bond motifs is 2. The Balaban J connectivity index is 2.36. The van der Waals surface area contributed by atoms with Crippen LogP contribution in [0.1, 0.15) is 11.1 Å². The summed E-state index contributed by atoms with van der Waals surface area (Å²) in [4.78, 5) is 0. The highest BCUT2D eigenvalue weighted by atomic mass is 14.2. The van der Waals surface area contributed by atoms with Crippen LogP contribution in [0.2, 0.25) is 0 Å². The van der Waals surface area contributed by atoms with Gasteiger partial charge in [-0.2, -0.15) is 0 Å². The van der Waals surface area contributed by atoms with E-state index in [1.54, 1.807) is 0 Å². The lowest BCUT2D eigenvalue weighted by Gasteiger charge is -2.02. The van der Waals surface area contributed by atoms with E-state index in [2.05, 4.69) is 49.2 Å². The van der Waals surface area contributed by atoms with Gasteiger partial charge in [-0.1, -0.05) is 36.4 Å². The normalized spacial score (nSPS) is 14.8. The van der Waals surface area contributed by atoms with Crippen molar-refractivity contribution in [2.75, 3.05) is 0 Å². The Morgan fingerprint density at radius 3 is 2.54 bits per heavy atom. The van der Waals surface area contributed by atoms with Gasteiger partial charge in [0.15, 0.2) is 0 Å². The van der Waals surface area contributed by atoms with E-state index >= 15 is 0 Å². The number of hydrogen-bond acceptors (Lipinski definition) is 0. The number of rotatable bonds is 0. The van der Waals surface area contributed by atoms with Gasteiger partial charge in [0.25, 0.3) is 0 Å². The maximum absolute atomic E-state index is 2.30. The zero-order valence-corrected chi connectivity index (χ0v) is 7.33. The minimum absolute atomic E-state index is 1.10. The Labute approximate surface area is 78.2 Å². The molecule has 0 heteroatoms. The summed E-state index contributed by atoms with van der Waals surface area (Å²) < 4.78 is 0. The summed E-state index contributed by atoms with van der Waals surface area (Å²) in [5.41, 5.74) is 2.84. The fraction of sp³-hybridized carbons (Fsp3) is 0.0769. The lowest BCUT2D eigenvalue weighted by Crippen LogP contribution is -1.81. The van der Waals surface area contributed by atoms with Crippen LogP contribution in [0.4, 0.5) is 0 Å². The summed E-state index contributed by atoms with van der Waals surface area (Å²) in [6.45, 7) is 0. The van der Waals surface area contributed by atoms with Crippen LogP contribution in [0.3, 0.4) is 0 Å². The van der Waals surface area contributed by atoms with Crippen LogP contribution in [-0.4, -0.2) is 0 Å². The summed E-state index contributed by atoms with van der Waals surface area (Å²) in [6.07, 6.45) is 5.53. The van der Waals surface area contributed by atoms with Gasteiger partial charge < -0.3 is 0 Å². The van der Waals surface area contributed by atoms with Crippen LogP contribution in [0.15, 0.2) is 36.4 Å². The van der Waals surface area contributed by atoms with Crippen molar-refractivity contribution < 1.29 is 0 Å². The highest BCUT2D eigenvalue weighted by Gasteiger charge is 2.11. The zero-order valence-electron chi connectivity index (χ0n) is 7.33. The van der Waals surface area contributed by atoms with E-state index in [1.807, 2.05) is 0 Å². The Morgan fingerprint density at radius 2 is 1.69 bits per heavy atom. The summed E-state index contributed by atoms with van der Waals surface area (Å²) >= 11 is 0. The van der Waals surface area contributed by atoms with Gasteiger partial charge in [-0.25, -0.2) is 0 Å². The monoisotopic (exact) mass is 166 g/mol. The van der Waals surface area contributed by atoms with Gasteiger partial charge in [0, 0.05) is 0 Å². The smallest absolute Gasteiger partial charge is 0.00527 e. The van der Waals surface area contributed by atoms with E-state index in [-0.39, 0.29) is 0 Å². The zero-order chi connectivity index (χ0) is 8.67. The predicted octanol–water partition coefficient (Wildman–Crippen LogP) is 3.15. The second-order valence-electron chi connectivity index (χ2n) is 3.50. The molecule has 0 unspecified atom stereocenters. The SMILES string of the molecule is [CH]1[CH]c2cc3ccccc3cc2C1. The molecule has 62 valence electrons. The maximum Gasteiger partial charge on any atom is -0.00527 e. The second-order valence-corrected chi connectivity index (χ2v) is 3.50.